The average molecular weight is 318 g/mol. The second kappa shape index (κ2) is 30.0. The SMILES string of the molecule is C.[Cu].[Mo].[V].[Zr]. The van der Waals surface area contributed by atoms with Gasteiger partial charge in [-0.15, -0.1) is 0 Å². The molecule has 5 heavy (non-hydrogen) atoms. The summed E-state index contributed by atoms with van der Waals surface area (Å²) in [4.78, 5) is 0. The van der Waals surface area contributed by atoms with Crippen LogP contribution >= 0.6 is 0 Å². The fraction of sp³-hybridized carbons (Fsp3) is 1.00. The molecule has 0 aliphatic rings. The Morgan fingerprint density at radius 3 is 1.00 bits per heavy atom. The minimum atomic E-state index is 0. The summed E-state index contributed by atoms with van der Waals surface area (Å²) in [5.41, 5.74) is 0. The van der Waals surface area contributed by atoms with E-state index < -0.39 is 0 Å². The zero-order valence-electron chi connectivity index (χ0n) is 1.66. The van der Waals surface area contributed by atoms with Crippen molar-refractivity contribution in [3.05, 3.63) is 0 Å². The van der Waals surface area contributed by atoms with Gasteiger partial charge in [-0.2, -0.15) is 0 Å². The quantitative estimate of drug-likeness (QED) is 0.575. The molecule has 0 saturated carbocycles. The summed E-state index contributed by atoms with van der Waals surface area (Å²) < 4.78 is 0. The van der Waals surface area contributed by atoms with E-state index in [1.165, 1.54) is 0 Å². The predicted octanol–water partition coefficient (Wildman–Crippen LogP) is 0.626. The van der Waals surface area contributed by atoms with Crippen LogP contribution in [-0.2, 0) is 82.9 Å². The Morgan fingerprint density at radius 2 is 1.00 bits per heavy atom. The van der Waals surface area contributed by atoms with E-state index in [4.69, 9.17) is 0 Å². The van der Waals surface area contributed by atoms with Gasteiger partial charge in [0.1, 0.15) is 0 Å². The topological polar surface area (TPSA) is 0 Å². The van der Waals surface area contributed by atoms with Crippen LogP contribution in [0.4, 0.5) is 0 Å². The fourth-order valence-corrected chi connectivity index (χ4v) is 0. The zero-order valence-corrected chi connectivity index (χ0v) is 8.46. The maximum absolute atomic E-state index is 0. The molecule has 0 aromatic carbocycles. The Bertz CT molecular complexity index is 11.6. The molecular weight excluding hydrogens is 314 g/mol. The van der Waals surface area contributed by atoms with Crippen LogP contribution in [0.3, 0.4) is 0 Å². The van der Waals surface area contributed by atoms with Gasteiger partial charge in [-0.3, -0.25) is 0 Å². The summed E-state index contributed by atoms with van der Waals surface area (Å²) in [7, 11) is 0. The van der Waals surface area contributed by atoms with Crippen molar-refractivity contribution in [2.24, 2.45) is 0 Å². The third-order valence-corrected chi connectivity index (χ3v) is 0. The Kier molecular flexibility index (Phi) is 287. The third kappa shape index (κ3) is 20.4. The summed E-state index contributed by atoms with van der Waals surface area (Å²) in [5.74, 6) is 0. The summed E-state index contributed by atoms with van der Waals surface area (Å²) >= 11 is 0. The van der Waals surface area contributed by atoms with Gasteiger partial charge in [0.2, 0.25) is 0 Å². The molecule has 0 aliphatic heterocycles. The van der Waals surface area contributed by atoms with E-state index in [1.807, 2.05) is 0 Å². The number of hydrogen-bond donors (Lipinski definition) is 0. The molecule has 0 aromatic rings. The predicted molar refractivity (Wildman–Crippen MR) is 6.73 cm³/mol. The molecule has 0 heterocycles. The van der Waals surface area contributed by atoms with Crippen LogP contribution in [0.25, 0.3) is 0 Å². The molecule has 0 saturated heterocycles. The van der Waals surface area contributed by atoms with Crippen molar-refractivity contribution < 1.29 is 82.9 Å². The van der Waals surface area contributed by atoms with Crippen molar-refractivity contribution in [1.82, 2.24) is 0 Å². The summed E-state index contributed by atoms with van der Waals surface area (Å²) in [6.45, 7) is 0. The van der Waals surface area contributed by atoms with Gasteiger partial charge in [0.15, 0.2) is 0 Å². The van der Waals surface area contributed by atoms with Gasteiger partial charge in [0, 0.05) is 82.9 Å². The Labute approximate surface area is 89.0 Å². The smallest absolute Gasteiger partial charge is 0 e. The van der Waals surface area contributed by atoms with E-state index in [1.54, 1.807) is 0 Å². The first kappa shape index (κ1) is 47.8. The molecule has 0 atom stereocenters. The van der Waals surface area contributed by atoms with Crippen LogP contribution in [-0.4, -0.2) is 0 Å². The Morgan fingerprint density at radius 1 is 1.00 bits per heavy atom. The van der Waals surface area contributed by atoms with Crippen LogP contribution in [0.2, 0.25) is 0 Å². The van der Waals surface area contributed by atoms with Crippen molar-refractivity contribution >= 4 is 0 Å². The molecule has 0 fully saturated rings. The van der Waals surface area contributed by atoms with E-state index >= 15 is 0 Å². The molecule has 0 amide bonds. The first-order chi connectivity index (χ1) is 0. The van der Waals surface area contributed by atoms with Gasteiger partial charge < -0.3 is 0 Å². The molecule has 0 nitrogen and oxygen atoms in total. The summed E-state index contributed by atoms with van der Waals surface area (Å²) in [6.07, 6.45) is 0. The molecule has 2 radical (unpaired) electrons. The van der Waals surface area contributed by atoms with Crippen molar-refractivity contribution in [3.63, 3.8) is 0 Å². The molecule has 0 unspecified atom stereocenters. The second-order valence-electron chi connectivity index (χ2n) is 0. The molecule has 0 spiro atoms. The second-order valence-corrected chi connectivity index (χ2v) is 0. The van der Waals surface area contributed by atoms with E-state index in [9.17, 15) is 0 Å². The van der Waals surface area contributed by atoms with Gasteiger partial charge in [-0.25, -0.2) is 0 Å². The number of hydrogen-bond acceptors (Lipinski definition) is 0. The van der Waals surface area contributed by atoms with E-state index in [0.717, 1.165) is 0 Å². The summed E-state index contributed by atoms with van der Waals surface area (Å²) in [5, 5.41) is 0. The largest absolute Gasteiger partial charge is 0.0776 e. The Balaban J connectivity index is 0. The van der Waals surface area contributed by atoms with Gasteiger partial charge in [0.25, 0.3) is 0 Å². The van der Waals surface area contributed by atoms with Crippen LogP contribution in [0.1, 0.15) is 7.43 Å². The van der Waals surface area contributed by atoms with Gasteiger partial charge in [-0.1, -0.05) is 7.43 Å². The minimum Gasteiger partial charge on any atom is -0.0776 e. The zero-order chi connectivity index (χ0) is 0. The molecule has 0 aromatic heterocycles. The van der Waals surface area contributed by atoms with E-state index in [2.05, 4.69) is 0 Å². The maximum atomic E-state index is 0. The fourth-order valence-electron chi connectivity index (χ4n) is 0. The minimum absolute atomic E-state index is 0. The van der Waals surface area contributed by atoms with Crippen molar-refractivity contribution in [1.29, 1.82) is 0 Å². The first-order valence-corrected chi connectivity index (χ1v) is 0. The van der Waals surface area contributed by atoms with Crippen LogP contribution in [0.5, 0.6) is 0 Å². The standard InChI is InChI=1S/CH4.Cu.Mo.V.Zr/h1H4;;;;. The van der Waals surface area contributed by atoms with Crippen molar-refractivity contribution in [2.45, 2.75) is 7.43 Å². The maximum Gasteiger partial charge on any atom is 0 e. The van der Waals surface area contributed by atoms with Gasteiger partial charge in [-0.05, 0) is 0 Å². The summed E-state index contributed by atoms with van der Waals surface area (Å²) in [6, 6.07) is 0. The van der Waals surface area contributed by atoms with Crippen LogP contribution in [0.15, 0.2) is 0 Å². The number of rotatable bonds is 0. The average Bonchev–Trinajstić information content (AvgIpc) is 0. The van der Waals surface area contributed by atoms with Crippen LogP contribution < -0.4 is 0 Å². The Hall–Kier alpha value is 2.68. The molecule has 0 rings (SSSR count). The van der Waals surface area contributed by atoms with Crippen molar-refractivity contribution in [2.75, 3.05) is 0 Å². The monoisotopic (exact) mass is 318 g/mol. The van der Waals surface area contributed by atoms with E-state index in [-0.39, 0.29) is 90.3 Å². The molecular formula is CH4CuMoVZr. The normalized spacial score (nSPS) is 0. The molecule has 4 heteroatoms. The van der Waals surface area contributed by atoms with Crippen LogP contribution in [0, 0.1) is 0 Å². The van der Waals surface area contributed by atoms with Gasteiger partial charge in [0.05, 0.1) is 0 Å². The van der Waals surface area contributed by atoms with Gasteiger partial charge >= 0.3 is 0 Å². The third-order valence-electron chi connectivity index (χ3n) is 0. The molecule has 0 bridgehead atoms. The molecule has 0 N–H and O–H groups in total. The van der Waals surface area contributed by atoms with Crippen molar-refractivity contribution in [3.8, 4) is 0 Å². The molecule has 34 valence electrons. The van der Waals surface area contributed by atoms with E-state index in [0.29, 0.717) is 0 Å². The molecule has 0 aliphatic carbocycles. The first-order valence-electron chi connectivity index (χ1n) is 0.